The van der Waals surface area contributed by atoms with Crippen molar-refractivity contribution < 1.29 is 14.4 Å². The van der Waals surface area contributed by atoms with Crippen molar-refractivity contribution in [1.82, 2.24) is 20.0 Å². The van der Waals surface area contributed by atoms with Crippen LogP contribution < -0.4 is 5.32 Å². The molecule has 3 heterocycles. The number of carbonyl (C=O) groups is 3. The summed E-state index contributed by atoms with van der Waals surface area (Å²) in [4.78, 5) is 45.4. The lowest BCUT2D eigenvalue weighted by atomic mass is 10.0. The molecule has 0 radical (unpaired) electrons. The zero-order valence-corrected chi connectivity index (χ0v) is 23.4. The lowest BCUT2D eigenvalue weighted by molar-refractivity contribution is -0.135. The van der Waals surface area contributed by atoms with E-state index in [4.69, 9.17) is 0 Å². The molecule has 212 valence electrons. The Labute approximate surface area is 237 Å². The zero-order valence-electron chi connectivity index (χ0n) is 23.4. The van der Waals surface area contributed by atoms with Crippen LogP contribution in [-0.4, -0.2) is 71.7 Å². The van der Waals surface area contributed by atoms with Gasteiger partial charge in [0.2, 0.25) is 17.7 Å². The van der Waals surface area contributed by atoms with Crippen LogP contribution in [0.4, 0.5) is 0 Å². The number of carbonyl (C=O) groups excluding carboxylic acids is 3. The van der Waals surface area contributed by atoms with Crippen LogP contribution in [0.5, 0.6) is 0 Å². The summed E-state index contributed by atoms with van der Waals surface area (Å²) in [5, 5.41) is 3.38. The highest BCUT2D eigenvalue weighted by Gasteiger charge is 2.44. The van der Waals surface area contributed by atoms with Gasteiger partial charge in [-0.2, -0.15) is 0 Å². The summed E-state index contributed by atoms with van der Waals surface area (Å²) >= 11 is 0. The number of likely N-dealkylation sites (tertiary alicyclic amines) is 3. The zero-order chi connectivity index (χ0) is 27.5. The third-order valence-corrected chi connectivity index (χ3v) is 9.63. The van der Waals surface area contributed by atoms with Crippen LogP contribution in [0.25, 0.3) is 0 Å². The minimum Gasteiger partial charge on any atom is -0.349 e. The smallest absolute Gasteiger partial charge is 0.228 e. The number of nitrogens with one attached hydrogen (secondary N) is 1. The third kappa shape index (κ3) is 6.09. The molecule has 0 aromatic heterocycles. The average Bonchev–Trinajstić information content (AvgIpc) is 3.77. The van der Waals surface area contributed by atoms with E-state index in [0.717, 1.165) is 70.4 Å². The van der Waals surface area contributed by atoms with E-state index in [0.29, 0.717) is 31.3 Å². The fourth-order valence-electron chi connectivity index (χ4n) is 7.40. The van der Waals surface area contributed by atoms with E-state index in [1.165, 1.54) is 5.56 Å². The number of benzene rings is 2. The maximum absolute atomic E-state index is 13.4. The molecule has 7 heteroatoms. The number of hydrogen-bond donors (Lipinski definition) is 1. The van der Waals surface area contributed by atoms with E-state index in [9.17, 15) is 14.4 Å². The van der Waals surface area contributed by atoms with E-state index in [1.807, 2.05) is 46.2 Å². The number of hydrogen-bond acceptors (Lipinski definition) is 4. The number of nitrogens with zero attached hydrogens (tertiary/aromatic N) is 3. The monoisotopic (exact) mass is 542 g/mol. The minimum atomic E-state index is -0.221. The van der Waals surface area contributed by atoms with E-state index in [2.05, 4.69) is 34.5 Å². The second kappa shape index (κ2) is 12.1. The van der Waals surface area contributed by atoms with Crippen molar-refractivity contribution in [3.63, 3.8) is 0 Å². The summed E-state index contributed by atoms with van der Waals surface area (Å²) in [6.45, 7) is 5.63. The molecule has 4 fully saturated rings. The Morgan fingerprint density at radius 3 is 2.15 bits per heavy atom. The Hall–Kier alpha value is -3.19. The van der Waals surface area contributed by atoms with Crippen LogP contribution >= 0.6 is 0 Å². The Morgan fingerprint density at radius 1 is 0.825 bits per heavy atom. The quantitative estimate of drug-likeness (QED) is 0.522. The first-order valence-corrected chi connectivity index (χ1v) is 15.2. The molecule has 3 amide bonds. The highest BCUT2D eigenvalue weighted by Crippen LogP contribution is 2.34. The number of amides is 3. The van der Waals surface area contributed by atoms with Crippen molar-refractivity contribution in [2.24, 2.45) is 23.7 Å². The van der Waals surface area contributed by atoms with Gasteiger partial charge >= 0.3 is 0 Å². The lowest BCUT2D eigenvalue weighted by Gasteiger charge is -2.26. The summed E-state index contributed by atoms with van der Waals surface area (Å²) in [6, 6.07) is 20.4. The molecule has 1 saturated carbocycles. The third-order valence-electron chi connectivity index (χ3n) is 9.63. The number of fused-ring (bicyclic) bond motifs is 1. The van der Waals surface area contributed by atoms with Gasteiger partial charge in [0.05, 0.1) is 12.0 Å². The van der Waals surface area contributed by atoms with Gasteiger partial charge < -0.3 is 20.0 Å². The largest absolute Gasteiger partial charge is 0.349 e. The molecule has 1 aliphatic carbocycles. The van der Waals surface area contributed by atoms with Crippen LogP contribution in [0.2, 0.25) is 0 Å². The Kier molecular flexibility index (Phi) is 8.19. The van der Waals surface area contributed by atoms with Crippen molar-refractivity contribution in [2.45, 2.75) is 51.1 Å². The van der Waals surface area contributed by atoms with Crippen molar-refractivity contribution in [2.75, 3.05) is 39.3 Å². The van der Waals surface area contributed by atoms with Gasteiger partial charge in [-0.05, 0) is 42.2 Å². The molecule has 3 aliphatic heterocycles. The molecule has 6 rings (SSSR count). The molecule has 3 saturated heterocycles. The van der Waals surface area contributed by atoms with Gasteiger partial charge in [0.15, 0.2) is 0 Å². The Balaban J connectivity index is 0.988. The predicted molar refractivity (Wildman–Crippen MR) is 154 cm³/mol. The SMILES string of the molecule is O=C(NC(CCN1CC2CN(C(=O)[C@H]3CC(=O)N(Cc4ccccc4)C3)CC2C1)c1ccccc1)C1CCCC1. The molecule has 4 atom stereocenters. The Morgan fingerprint density at radius 2 is 1.48 bits per heavy atom. The van der Waals surface area contributed by atoms with E-state index in [1.54, 1.807) is 0 Å². The second-order valence-corrected chi connectivity index (χ2v) is 12.4. The fraction of sp³-hybridized carbons (Fsp3) is 0.545. The highest BCUT2D eigenvalue weighted by atomic mass is 16.2. The van der Waals surface area contributed by atoms with Crippen molar-refractivity contribution in [3.05, 3.63) is 71.8 Å². The maximum Gasteiger partial charge on any atom is 0.228 e. The molecule has 0 bridgehead atoms. The molecular weight excluding hydrogens is 500 g/mol. The summed E-state index contributed by atoms with van der Waals surface area (Å²) in [5.74, 6) is 1.38. The van der Waals surface area contributed by atoms with Gasteiger partial charge in [-0.3, -0.25) is 14.4 Å². The van der Waals surface area contributed by atoms with E-state index < -0.39 is 0 Å². The molecule has 7 nitrogen and oxygen atoms in total. The standard InChI is InChI=1S/C33H42N4O3/c38-31-17-27(21-36(31)18-24-9-3-1-4-10-24)33(40)37-22-28-19-35(20-29(28)23-37)16-15-30(25-11-5-2-6-12-25)34-32(39)26-13-7-8-14-26/h1-6,9-12,26-30H,7-8,13-23H2,(H,34,39)/t27-,28?,29?,30?/m0/s1. The molecule has 0 spiro atoms. The fourth-order valence-corrected chi connectivity index (χ4v) is 7.40. The minimum absolute atomic E-state index is 0.0338. The van der Waals surface area contributed by atoms with Gasteiger partial charge in [-0.25, -0.2) is 0 Å². The Bertz CT molecular complexity index is 1170. The molecule has 40 heavy (non-hydrogen) atoms. The normalized spacial score (nSPS) is 25.9. The van der Waals surface area contributed by atoms with Crippen molar-refractivity contribution in [1.29, 1.82) is 0 Å². The van der Waals surface area contributed by atoms with Crippen molar-refractivity contribution in [3.8, 4) is 0 Å². The van der Waals surface area contributed by atoms with Crippen LogP contribution in [0.3, 0.4) is 0 Å². The van der Waals surface area contributed by atoms with Crippen LogP contribution in [0.1, 0.15) is 55.7 Å². The first-order valence-electron chi connectivity index (χ1n) is 15.2. The summed E-state index contributed by atoms with van der Waals surface area (Å²) in [5.41, 5.74) is 2.28. The second-order valence-electron chi connectivity index (χ2n) is 12.4. The molecule has 1 N–H and O–H groups in total. The summed E-state index contributed by atoms with van der Waals surface area (Å²) in [7, 11) is 0. The van der Waals surface area contributed by atoms with Gasteiger partial charge in [0, 0.05) is 58.2 Å². The van der Waals surface area contributed by atoms with Gasteiger partial charge in [0.25, 0.3) is 0 Å². The maximum atomic E-state index is 13.4. The first kappa shape index (κ1) is 27.0. The van der Waals surface area contributed by atoms with Crippen LogP contribution in [0.15, 0.2) is 60.7 Å². The van der Waals surface area contributed by atoms with Crippen LogP contribution in [0, 0.1) is 23.7 Å². The highest BCUT2D eigenvalue weighted by molar-refractivity contribution is 5.89. The van der Waals surface area contributed by atoms with Crippen LogP contribution in [-0.2, 0) is 20.9 Å². The van der Waals surface area contributed by atoms with Gasteiger partial charge in [-0.15, -0.1) is 0 Å². The molecule has 3 unspecified atom stereocenters. The topological polar surface area (TPSA) is 73.0 Å². The van der Waals surface area contributed by atoms with Gasteiger partial charge in [-0.1, -0.05) is 73.5 Å². The van der Waals surface area contributed by atoms with E-state index >= 15 is 0 Å². The summed E-state index contributed by atoms with van der Waals surface area (Å²) < 4.78 is 0. The first-order chi connectivity index (χ1) is 19.5. The predicted octanol–water partition coefficient (Wildman–Crippen LogP) is 3.86. The summed E-state index contributed by atoms with van der Waals surface area (Å²) in [6.07, 6.45) is 5.57. The average molecular weight is 543 g/mol. The lowest BCUT2D eigenvalue weighted by Crippen LogP contribution is -2.39. The molecule has 2 aromatic carbocycles. The molecular formula is C33H42N4O3. The van der Waals surface area contributed by atoms with Gasteiger partial charge in [0.1, 0.15) is 0 Å². The van der Waals surface area contributed by atoms with Crippen molar-refractivity contribution >= 4 is 17.7 Å². The molecule has 2 aromatic rings. The molecule has 4 aliphatic rings. The van der Waals surface area contributed by atoms with E-state index in [-0.39, 0.29) is 35.6 Å². The number of rotatable bonds is 9.